The molecule has 0 aromatic carbocycles. The Kier molecular flexibility index (Phi) is 5.26. The van der Waals surface area contributed by atoms with Crippen LogP contribution in [0, 0.1) is 5.92 Å². The van der Waals surface area contributed by atoms with Gasteiger partial charge < -0.3 is 10.2 Å². The van der Waals surface area contributed by atoms with Gasteiger partial charge in [-0.15, -0.1) is 5.10 Å². The molecule has 0 bridgehead atoms. The number of carbonyl (C=O) groups is 1. The van der Waals surface area contributed by atoms with Crippen LogP contribution in [0.25, 0.3) is 5.65 Å². The van der Waals surface area contributed by atoms with Gasteiger partial charge in [0.05, 0.1) is 12.2 Å². The molecule has 3 heterocycles. The second-order valence-corrected chi connectivity index (χ2v) is 6.89. The zero-order valence-corrected chi connectivity index (χ0v) is 15.1. The summed E-state index contributed by atoms with van der Waals surface area (Å²) >= 11 is 0. The van der Waals surface area contributed by atoms with Gasteiger partial charge in [0.15, 0.2) is 11.3 Å². The molecule has 0 aliphatic carbocycles. The third-order valence-corrected chi connectivity index (χ3v) is 4.22. The Bertz CT molecular complexity index is 917. The Morgan fingerprint density at radius 3 is 2.68 bits per heavy atom. The number of imidazole rings is 1. The summed E-state index contributed by atoms with van der Waals surface area (Å²) < 4.78 is 66.4. The predicted molar refractivity (Wildman–Crippen MR) is 90.6 cm³/mol. The van der Waals surface area contributed by atoms with Crippen LogP contribution in [0.15, 0.2) is 24.3 Å². The average Bonchev–Trinajstić information content (AvgIpc) is 3.07. The minimum Gasteiger partial charge on any atom is -0.366 e. The lowest BCUT2D eigenvalue weighted by molar-refractivity contribution is -0.142. The highest BCUT2D eigenvalue weighted by Crippen LogP contribution is 2.33. The van der Waals surface area contributed by atoms with E-state index in [2.05, 4.69) is 15.4 Å². The number of nitrogens with one attached hydrogen (secondary N) is 1. The van der Waals surface area contributed by atoms with E-state index in [9.17, 15) is 26.7 Å². The van der Waals surface area contributed by atoms with Crippen molar-refractivity contribution in [2.24, 2.45) is 5.92 Å². The SMILES string of the molecule is CC(C)Nc1ccc2nc(C(F)(F)F)c(CN3CC(C=C(F)F)CC3=O)n2n1. The number of aromatic nitrogens is 3. The molecule has 1 atom stereocenters. The predicted octanol–water partition coefficient (Wildman–Crippen LogP) is 3.70. The molecule has 2 aromatic rings. The number of fused-ring (bicyclic) bond motifs is 1. The van der Waals surface area contributed by atoms with Crippen LogP contribution in [0.5, 0.6) is 0 Å². The molecule has 152 valence electrons. The summed E-state index contributed by atoms with van der Waals surface area (Å²) in [6.45, 7) is 3.18. The van der Waals surface area contributed by atoms with Gasteiger partial charge in [-0.3, -0.25) is 4.79 Å². The molecule has 1 fully saturated rings. The molecular weight excluding hydrogens is 385 g/mol. The fraction of sp³-hybridized carbons (Fsp3) is 0.471. The standard InChI is InChI=1S/C17H18F5N5O/c1-9(2)23-13-3-4-14-24-16(17(20,21)22)11(27(14)25-13)8-26-7-10(5-12(18)19)6-15(26)28/h3-5,9-10H,6-8H2,1-2H3,(H,23,25). The number of hydrogen-bond donors (Lipinski definition) is 1. The van der Waals surface area contributed by atoms with Crippen molar-refractivity contribution in [2.75, 3.05) is 11.9 Å². The average molecular weight is 403 g/mol. The lowest BCUT2D eigenvalue weighted by Crippen LogP contribution is -2.27. The molecule has 11 heteroatoms. The van der Waals surface area contributed by atoms with Gasteiger partial charge in [-0.1, -0.05) is 0 Å². The van der Waals surface area contributed by atoms with Crippen LogP contribution in [0.2, 0.25) is 0 Å². The maximum Gasteiger partial charge on any atom is 0.435 e. The smallest absolute Gasteiger partial charge is 0.366 e. The lowest BCUT2D eigenvalue weighted by atomic mass is 10.1. The van der Waals surface area contributed by atoms with E-state index < -0.39 is 36.3 Å². The molecule has 1 N–H and O–H groups in total. The topological polar surface area (TPSA) is 62.5 Å². The van der Waals surface area contributed by atoms with E-state index in [0.717, 1.165) is 9.42 Å². The highest BCUT2D eigenvalue weighted by molar-refractivity contribution is 5.79. The number of anilines is 1. The number of likely N-dealkylation sites (tertiary alicyclic amines) is 1. The van der Waals surface area contributed by atoms with Gasteiger partial charge in [0, 0.05) is 24.9 Å². The van der Waals surface area contributed by atoms with Crippen LogP contribution in [0.1, 0.15) is 31.7 Å². The first-order chi connectivity index (χ1) is 13.0. The molecule has 1 saturated heterocycles. The van der Waals surface area contributed by atoms with Gasteiger partial charge in [0.2, 0.25) is 5.91 Å². The van der Waals surface area contributed by atoms with Crippen LogP contribution >= 0.6 is 0 Å². The molecule has 0 saturated carbocycles. The molecule has 0 spiro atoms. The van der Waals surface area contributed by atoms with Crippen molar-refractivity contribution in [1.82, 2.24) is 19.5 Å². The van der Waals surface area contributed by atoms with Crippen molar-refractivity contribution in [2.45, 2.75) is 39.0 Å². The first kappa shape index (κ1) is 20.0. The number of rotatable bonds is 5. The summed E-state index contributed by atoms with van der Waals surface area (Å²) in [5.41, 5.74) is -1.48. The van der Waals surface area contributed by atoms with Crippen molar-refractivity contribution >= 4 is 17.4 Å². The van der Waals surface area contributed by atoms with E-state index >= 15 is 0 Å². The molecule has 28 heavy (non-hydrogen) atoms. The van der Waals surface area contributed by atoms with E-state index in [1.807, 2.05) is 13.8 Å². The van der Waals surface area contributed by atoms with Crippen molar-refractivity contribution < 1.29 is 26.7 Å². The quantitative estimate of drug-likeness (QED) is 0.774. The minimum absolute atomic E-state index is 0.00214. The molecule has 1 amide bonds. The Labute approximate surface area is 157 Å². The van der Waals surface area contributed by atoms with Gasteiger partial charge in [0.1, 0.15) is 5.82 Å². The minimum atomic E-state index is -4.75. The Hall–Kier alpha value is -2.72. The zero-order valence-electron chi connectivity index (χ0n) is 15.1. The third kappa shape index (κ3) is 4.23. The van der Waals surface area contributed by atoms with Crippen LogP contribution in [0.3, 0.4) is 0 Å². The lowest BCUT2D eigenvalue weighted by Gasteiger charge is -2.17. The third-order valence-electron chi connectivity index (χ3n) is 4.22. The second kappa shape index (κ2) is 7.36. The summed E-state index contributed by atoms with van der Waals surface area (Å²) in [7, 11) is 0. The fourth-order valence-electron chi connectivity index (χ4n) is 3.15. The van der Waals surface area contributed by atoms with Crippen LogP contribution in [-0.2, 0) is 17.5 Å². The number of alkyl halides is 3. The van der Waals surface area contributed by atoms with Crippen LogP contribution < -0.4 is 5.32 Å². The first-order valence-corrected chi connectivity index (χ1v) is 8.57. The van der Waals surface area contributed by atoms with Crippen molar-refractivity contribution in [3.8, 4) is 0 Å². The monoisotopic (exact) mass is 403 g/mol. The number of halogens is 5. The number of amides is 1. The first-order valence-electron chi connectivity index (χ1n) is 8.57. The highest BCUT2D eigenvalue weighted by Gasteiger charge is 2.40. The van der Waals surface area contributed by atoms with E-state index in [4.69, 9.17) is 0 Å². The maximum atomic E-state index is 13.5. The molecular formula is C17H18F5N5O. The summed E-state index contributed by atoms with van der Waals surface area (Å²) in [5, 5.41) is 7.15. The molecule has 6 nitrogen and oxygen atoms in total. The van der Waals surface area contributed by atoms with Crippen LogP contribution in [-0.4, -0.2) is 38.0 Å². The molecule has 0 radical (unpaired) electrons. The van der Waals surface area contributed by atoms with E-state index in [-0.39, 0.29) is 30.3 Å². The van der Waals surface area contributed by atoms with Crippen molar-refractivity contribution in [3.05, 3.63) is 35.7 Å². The molecule has 1 unspecified atom stereocenters. The molecule has 2 aromatic heterocycles. The molecule has 1 aliphatic heterocycles. The Morgan fingerprint density at radius 1 is 1.36 bits per heavy atom. The van der Waals surface area contributed by atoms with Crippen LogP contribution in [0.4, 0.5) is 27.8 Å². The van der Waals surface area contributed by atoms with E-state index in [1.54, 1.807) is 0 Å². The Morgan fingerprint density at radius 2 is 2.07 bits per heavy atom. The van der Waals surface area contributed by atoms with Gasteiger partial charge in [0.25, 0.3) is 6.08 Å². The maximum absolute atomic E-state index is 13.5. The normalized spacial score (nSPS) is 17.6. The van der Waals surface area contributed by atoms with Gasteiger partial charge in [-0.2, -0.15) is 22.0 Å². The summed E-state index contributed by atoms with van der Waals surface area (Å²) in [6, 6.07) is 2.91. The summed E-state index contributed by atoms with van der Waals surface area (Å²) in [6.07, 6.45) is -6.19. The van der Waals surface area contributed by atoms with Gasteiger partial charge in [-0.25, -0.2) is 9.50 Å². The second-order valence-electron chi connectivity index (χ2n) is 6.89. The highest BCUT2D eigenvalue weighted by atomic mass is 19.4. The number of carbonyl (C=O) groups excluding carboxylic acids is 1. The van der Waals surface area contributed by atoms with E-state index in [1.165, 1.54) is 12.1 Å². The molecule has 3 rings (SSSR count). The largest absolute Gasteiger partial charge is 0.435 e. The summed E-state index contributed by atoms with van der Waals surface area (Å²) in [4.78, 5) is 16.8. The molecule has 1 aliphatic rings. The zero-order chi connectivity index (χ0) is 20.6. The summed E-state index contributed by atoms with van der Waals surface area (Å²) in [5.74, 6) is -0.887. The van der Waals surface area contributed by atoms with Crippen molar-refractivity contribution in [1.29, 1.82) is 0 Å². The van der Waals surface area contributed by atoms with Crippen molar-refractivity contribution in [3.63, 3.8) is 0 Å². The Balaban J connectivity index is 2.00. The van der Waals surface area contributed by atoms with E-state index in [0.29, 0.717) is 11.9 Å². The number of hydrogen-bond acceptors (Lipinski definition) is 4. The van der Waals surface area contributed by atoms with Gasteiger partial charge >= 0.3 is 6.18 Å². The van der Waals surface area contributed by atoms with Gasteiger partial charge in [-0.05, 0) is 32.1 Å². The fourth-order valence-corrected chi connectivity index (χ4v) is 3.15. The number of nitrogens with zero attached hydrogens (tertiary/aromatic N) is 4.